The molecular formula is C23H35N3O4. The highest BCUT2D eigenvalue weighted by atomic mass is 16.5. The minimum absolute atomic E-state index is 0.237. The molecule has 1 unspecified atom stereocenters. The number of likely N-dealkylation sites (N-methyl/N-ethyl adjacent to an activating group) is 1. The number of hydrogen-bond acceptors (Lipinski definition) is 7. The Morgan fingerprint density at radius 1 is 1.13 bits per heavy atom. The molecule has 1 atom stereocenters. The van der Waals surface area contributed by atoms with Gasteiger partial charge < -0.3 is 29.5 Å². The highest BCUT2D eigenvalue weighted by Crippen LogP contribution is 2.28. The van der Waals surface area contributed by atoms with Crippen LogP contribution in [0.1, 0.15) is 25.8 Å². The zero-order chi connectivity index (χ0) is 21.6. The lowest BCUT2D eigenvalue weighted by Gasteiger charge is -2.22. The summed E-state index contributed by atoms with van der Waals surface area (Å²) in [5.74, 6) is 2.11. The molecule has 0 amide bonds. The van der Waals surface area contributed by atoms with Crippen molar-refractivity contribution in [1.82, 2.24) is 15.2 Å². The van der Waals surface area contributed by atoms with Crippen LogP contribution in [0, 0.1) is 0 Å². The highest BCUT2D eigenvalue weighted by molar-refractivity contribution is 5.43. The van der Waals surface area contributed by atoms with Crippen LogP contribution in [0.25, 0.3) is 0 Å². The van der Waals surface area contributed by atoms with E-state index in [9.17, 15) is 5.11 Å². The fourth-order valence-corrected chi connectivity index (χ4v) is 3.01. The standard InChI is InChI=1S/C23H35N3O4/c1-4-26(5-2)17-20(27)18-30-22-10-9-19(14-23(22)28-3)15-24-12-7-13-29-21-8-6-11-25-16-21/h6,8-11,14,16,20,24,27H,4-5,7,12-13,15,17-18H2,1-3H3. The maximum absolute atomic E-state index is 10.2. The first kappa shape index (κ1) is 23.9. The molecule has 2 aromatic rings. The highest BCUT2D eigenvalue weighted by Gasteiger charge is 2.12. The van der Waals surface area contributed by atoms with Crippen molar-refractivity contribution in [2.75, 3.05) is 46.5 Å². The van der Waals surface area contributed by atoms with Gasteiger partial charge in [0.15, 0.2) is 11.5 Å². The van der Waals surface area contributed by atoms with Crippen LogP contribution in [0.4, 0.5) is 0 Å². The van der Waals surface area contributed by atoms with Crippen LogP contribution in [0.2, 0.25) is 0 Å². The first-order valence-corrected chi connectivity index (χ1v) is 10.6. The van der Waals surface area contributed by atoms with Crippen molar-refractivity contribution in [3.05, 3.63) is 48.3 Å². The SMILES string of the molecule is CCN(CC)CC(O)COc1ccc(CNCCCOc2cccnc2)cc1OC. The average molecular weight is 418 g/mol. The lowest BCUT2D eigenvalue weighted by atomic mass is 10.2. The molecule has 1 aromatic carbocycles. The zero-order valence-corrected chi connectivity index (χ0v) is 18.3. The lowest BCUT2D eigenvalue weighted by molar-refractivity contribution is 0.0705. The minimum atomic E-state index is -0.537. The summed E-state index contributed by atoms with van der Waals surface area (Å²) in [6.07, 6.45) is 3.81. The fraction of sp³-hybridized carbons (Fsp3) is 0.522. The predicted octanol–water partition coefficient (Wildman–Crippen LogP) is 2.73. The van der Waals surface area contributed by atoms with E-state index in [1.165, 1.54) is 0 Å². The predicted molar refractivity (Wildman–Crippen MR) is 118 cm³/mol. The number of ether oxygens (including phenoxy) is 3. The molecule has 1 heterocycles. The van der Waals surface area contributed by atoms with Crippen molar-refractivity contribution in [3.8, 4) is 17.2 Å². The Kier molecular flexibility index (Phi) is 11.0. The number of methoxy groups -OCH3 is 1. The first-order valence-electron chi connectivity index (χ1n) is 10.6. The first-order chi connectivity index (χ1) is 14.7. The van der Waals surface area contributed by atoms with Gasteiger partial charge in [-0.25, -0.2) is 0 Å². The molecule has 30 heavy (non-hydrogen) atoms. The molecule has 2 rings (SSSR count). The lowest BCUT2D eigenvalue weighted by Crippen LogP contribution is -2.35. The van der Waals surface area contributed by atoms with Crippen molar-refractivity contribution < 1.29 is 19.3 Å². The summed E-state index contributed by atoms with van der Waals surface area (Å²) in [7, 11) is 1.63. The Bertz CT molecular complexity index is 711. The van der Waals surface area contributed by atoms with Crippen molar-refractivity contribution in [3.63, 3.8) is 0 Å². The zero-order valence-electron chi connectivity index (χ0n) is 18.3. The molecule has 0 fully saturated rings. The van der Waals surface area contributed by atoms with Gasteiger partial charge in [-0.15, -0.1) is 0 Å². The van der Waals surface area contributed by atoms with Crippen LogP contribution in [0.3, 0.4) is 0 Å². The summed E-state index contributed by atoms with van der Waals surface area (Å²) >= 11 is 0. The average Bonchev–Trinajstić information content (AvgIpc) is 2.79. The molecule has 0 saturated heterocycles. The maximum atomic E-state index is 10.2. The normalized spacial score (nSPS) is 12.0. The Hall–Kier alpha value is -2.35. The number of rotatable bonds is 15. The number of nitrogens with one attached hydrogen (secondary N) is 1. The third-order valence-electron chi connectivity index (χ3n) is 4.75. The van der Waals surface area contributed by atoms with Gasteiger partial charge in [0.2, 0.25) is 0 Å². The molecule has 0 spiro atoms. The Morgan fingerprint density at radius 3 is 2.67 bits per heavy atom. The van der Waals surface area contributed by atoms with Gasteiger partial charge in [0.1, 0.15) is 18.5 Å². The van der Waals surface area contributed by atoms with E-state index in [4.69, 9.17) is 14.2 Å². The number of aromatic nitrogens is 1. The number of benzene rings is 1. The van der Waals surface area contributed by atoms with E-state index < -0.39 is 6.10 Å². The van der Waals surface area contributed by atoms with Gasteiger partial charge in [-0.2, -0.15) is 0 Å². The van der Waals surface area contributed by atoms with Crippen LogP contribution in [0.5, 0.6) is 17.2 Å². The van der Waals surface area contributed by atoms with Crippen LogP contribution in [-0.2, 0) is 6.54 Å². The topological polar surface area (TPSA) is 76.1 Å². The molecular weight excluding hydrogens is 382 g/mol. The van der Waals surface area contributed by atoms with Crippen molar-refractivity contribution in [2.24, 2.45) is 0 Å². The van der Waals surface area contributed by atoms with Gasteiger partial charge in [0.05, 0.1) is 19.9 Å². The van der Waals surface area contributed by atoms with Gasteiger partial charge in [0, 0.05) is 19.3 Å². The smallest absolute Gasteiger partial charge is 0.161 e. The number of hydrogen-bond donors (Lipinski definition) is 2. The second-order valence-electron chi connectivity index (χ2n) is 7.00. The summed E-state index contributed by atoms with van der Waals surface area (Å²) in [5.41, 5.74) is 1.11. The summed E-state index contributed by atoms with van der Waals surface area (Å²) < 4.78 is 16.9. The Labute approximate surface area is 180 Å². The monoisotopic (exact) mass is 417 g/mol. The number of aliphatic hydroxyl groups excluding tert-OH is 1. The summed E-state index contributed by atoms with van der Waals surface area (Å²) in [6, 6.07) is 9.63. The third-order valence-corrected chi connectivity index (χ3v) is 4.75. The second-order valence-corrected chi connectivity index (χ2v) is 7.00. The van der Waals surface area contributed by atoms with Crippen LogP contribution in [0.15, 0.2) is 42.7 Å². The van der Waals surface area contributed by atoms with Crippen LogP contribution >= 0.6 is 0 Å². The minimum Gasteiger partial charge on any atom is -0.493 e. The molecule has 1 aromatic heterocycles. The van der Waals surface area contributed by atoms with E-state index in [0.29, 0.717) is 24.7 Å². The van der Waals surface area contributed by atoms with E-state index in [0.717, 1.165) is 43.9 Å². The molecule has 0 aliphatic rings. The molecule has 166 valence electrons. The summed E-state index contributed by atoms with van der Waals surface area (Å²) in [4.78, 5) is 6.20. The molecule has 2 N–H and O–H groups in total. The van der Waals surface area contributed by atoms with E-state index in [-0.39, 0.29) is 6.61 Å². The van der Waals surface area contributed by atoms with E-state index in [1.807, 2.05) is 30.3 Å². The number of nitrogens with zero attached hydrogens (tertiary/aromatic N) is 2. The van der Waals surface area contributed by atoms with E-state index in [1.54, 1.807) is 19.5 Å². The fourth-order valence-electron chi connectivity index (χ4n) is 3.01. The van der Waals surface area contributed by atoms with Crippen molar-refractivity contribution >= 4 is 0 Å². The van der Waals surface area contributed by atoms with E-state index in [2.05, 4.69) is 29.0 Å². The van der Waals surface area contributed by atoms with Crippen LogP contribution < -0.4 is 19.5 Å². The third kappa shape index (κ3) is 8.57. The van der Waals surface area contributed by atoms with Crippen LogP contribution in [-0.4, -0.2) is 67.6 Å². The Morgan fingerprint density at radius 2 is 1.97 bits per heavy atom. The number of pyridine rings is 1. The molecule has 0 bridgehead atoms. The van der Waals surface area contributed by atoms with Gasteiger partial charge in [-0.1, -0.05) is 19.9 Å². The molecule has 0 aliphatic carbocycles. The Balaban J connectivity index is 1.71. The maximum Gasteiger partial charge on any atom is 0.161 e. The molecule has 7 heteroatoms. The summed E-state index contributed by atoms with van der Waals surface area (Å²) in [5, 5.41) is 13.6. The quantitative estimate of drug-likeness (QED) is 0.432. The largest absolute Gasteiger partial charge is 0.493 e. The van der Waals surface area contributed by atoms with Crippen molar-refractivity contribution in [2.45, 2.75) is 32.9 Å². The van der Waals surface area contributed by atoms with Gasteiger partial charge in [0.25, 0.3) is 0 Å². The van der Waals surface area contributed by atoms with Crippen molar-refractivity contribution in [1.29, 1.82) is 0 Å². The molecule has 0 aliphatic heterocycles. The second kappa shape index (κ2) is 13.8. The molecule has 0 radical (unpaired) electrons. The number of aliphatic hydroxyl groups is 1. The van der Waals surface area contributed by atoms with Gasteiger partial charge in [-0.3, -0.25) is 4.98 Å². The van der Waals surface area contributed by atoms with E-state index >= 15 is 0 Å². The molecule has 0 saturated carbocycles. The van der Waals surface area contributed by atoms with Gasteiger partial charge in [-0.05, 0) is 55.9 Å². The summed E-state index contributed by atoms with van der Waals surface area (Å²) in [6.45, 7) is 9.05. The molecule has 7 nitrogen and oxygen atoms in total. The van der Waals surface area contributed by atoms with Gasteiger partial charge >= 0.3 is 0 Å².